The topological polar surface area (TPSA) is 32.6 Å². The summed E-state index contributed by atoms with van der Waals surface area (Å²) in [7, 11) is 0. The largest absolute Gasteiger partial charge is 0.384 e. The Bertz CT molecular complexity index is 168. The average Bonchev–Trinajstić information content (AvgIpc) is 2.03. The van der Waals surface area contributed by atoms with Crippen LogP contribution >= 0.6 is 0 Å². The Morgan fingerprint density at radius 3 is 2.08 bits per heavy atom. The van der Waals surface area contributed by atoms with Crippen LogP contribution in [0.4, 0.5) is 0 Å². The molecule has 1 radical (unpaired) electrons. The first-order valence-electron chi connectivity index (χ1n) is 4.72. The summed E-state index contributed by atoms with van der Waals surface area (Å²) in [5, 5.41) is 10.2. The molecule has 0 aliphatic rings. The Balaban J connectivity index is 0. The second-order valence-electron chi connectivity index (χ2n) is 3.49. The van der Waals surface area contributed by atoms with E-state index in [4.69, 9.17) is 0 Å². The van der Waals surface area contributed by atoms with Crippen molar-refractivity contribution < 1.29 is 37.8 Å². The van der Waals surface area contributed by atoms with Crippen LogP contribution in [0.25, 0.3) is 0 Å². The van der Waals surface area contributed by atoms with Crippen molar-refractivity contribution in [1.29, 1.82) is 0 Å². The van der Waals surface area contributed by atoms with E-state index in [0.29, 0.717) is 0 Å². The van der Waals surface area contributed by atoms with E-state index in [1.807, 2.05) is 34.6 Å². The Labute approximate surface area is 107 Å². The molecule has 0 bridgehead atoms. The maximum Gasteiger partial charge on any atom is 0.104 e. The Morgan fingerprint density at radius 2 is 1.85 bits per heavy atom. The minimum atomic E-state index is -0.698. The van der Waals surface area contributed by atoms with E-state index in [1.165, 1.54) is 0 Å². The van der Waals surface area contributed by atoms with Gasteiger partial charge in [0.2, 0.25) is 0 Å². The van der Waals surface area contributed by atoms with Crippen molar-refractivity contribution in [2.24, 2.45) is 10.9 Å². The third-order valence-corrected chi connectivity index (χ3v) is 2.52. The van der Waals surface area contributed by atoms with E-state index < -0.39 is 5.60 Å². The minimum absolute atomic E-state index is 0. The summed E-state index contributed by atoms with van der Waals surface area (Å²) in [6.45, 7) is 10.7. The molecule has 75 valence electrons. The van der Waals surface area contributed by atoms with Crippen LogP contribution in [-0.2, 0) is 32.7 Å². The summed E-state index contributed by atoms with van der Waals surface area (Å²) in [4.78, 5) is 4.26. The summed E-state index contributed by atoms with van der Waals surface area (Å²) in [5.41, 5.74) is 0.165. The van der Waals surface area contributed by atoms with Crippen LogP contribution in [0, 0.1) is 5.92 Å². The zero-order valence-corrected chi connectivity index (χ0v) is 12.3. The van der Waals surface area contributed by atoms with Crippen LogP contribution in [0.3, 0.4) is 0 Å². The third kappa shape index (κ3) is 4.18. The van der Waals surface area contributed by atoms with Crippen molar-refractivity contribution in [3.8, 4) is 0 Å². The van der Waals surface area contributed by atoms with Gasteiger partial charge in [-0.25, -0.2) is 0 Å². The van der Waals surface area contributed by atoms with E-state index in [9.17, 15) is 5.11 Å². The fourth-order valence-corrected chi connectivity index (χ4v) is 1.46. The fraction of sp³-hybridized carbons (Fsp3) is 0.900. The molecule has 2 nitrogen and oxygen atoms in total. The number of nitrogens with zero attached hydrogens (tertiary/aromatic N) is 1. The summed E-state index contributed by atoms with van der Waals surface area (Å²) in [6.07, 6.45) is 0.736. The van der Waals surface area contributed by atoms with Gasteiger partial charge in [-0.3, -0.25) is 4.99 Å². The monoisotopic (exact) mass is 260 g/mol. The number of hydrogen-bond acceptors (Lipinski definition) is 2. The number of hydrogen-bond donors (Lipinski definition) is 1. The van der Waals surface area contributed by atoms with Gasteiger partial charge in [0.05, 0.1) is 0 Å². The van der Waals surface area contributed by atoms with Crippen LogP contribution in [0.2, 0.25) is 0 Å². The Hall–Kier alpha value is 0.734. The fourth-order valence-electron chi connectivity index (χ4n) is 1.46. The van der Waals surface area contributed by atoms with Crippen molar-refractivity contribution in [3.05, 3.63) is 0 Å². The molecule has 0 spiro atoms. The molecule has 0 heterocycles. The number of aliphatic hydroxyl groups is 1. The van der Waals surface area contributed by atoms with E-state index >= 15 is 0 Å². The van der Waals surface area contributed by atoms with Gasteiger partial charge in [0.1, 0.15) is 5.60 Å². The van der Waals surface area contributed by atoms with Gasteiger partial charge < -0.3 is 5.11 Å². The molecular formula is C10H21NOY. The number of rotatable bonds is 4. The maximum atomic E-state index is 10.2. The second kappa shape index (κ2) is 7.08. The smallest absolute Gasteiger partial charge is 0.104 e. The van der Waals surface area contributed by atoms with Crippen molar-refractivity contribution in [1.82, 2.24) is 0 Å². The molecule has 0 amide bonds. The minimum Gasteiger partial charge on any atom is -0.384 e. The van der Waals surface area contributed by atoms with Crippen molar-refractivity contribution in [2.75, 3.05) is 6.54 Å². The first-order valence-corrected chi connectivity index (χ1v) is 4.72. The van der Waals surface area contributed by atoms with Crippen molar-refractivity contribution in [3.63, 3.8) is 0 Å². The molecule has 0 saturated carbocycles. The first-order chi connectivity index (χ1) is 5.49. The average molecular weight is 260 g/mol. The molecule has 0 rings (SSSR count). The molecule has 13 heavy (non-hydrogen) atoms. The summed E-state index contributed by atoms with van der Waals surface area (Å²) >= 11 is 0. The Morgan fingerprint density at radius 1 is 1.38 bits per heavy atom. The van der Waals surface area contributed by atoms with Crippen LogP contribution in [0.5, 0.6) is 0 Å². The molecule has 0 fully saturated rings. The Kier molecular flexibility index (Phi) is 8.81. The van der Waals surface area contributed by atoms with Gasteiger partial charge in [-0.15, -0.1) is 0 Å². The SMILES string of the molecule is CCN=C(C)C(O)(CC)C(C)C.[Y]. The molecule has 0 aromatic carbocycles. The molecule has 1 N–H and O–H groups in total. The summed E-state index contributed by atoms with van der Waals surface area (Å²) in [6, 6.07) is 0. The summed E-state index contributed by atoms with van der Waals surface area (Å²) in [5.74, 6) is 0.234. The third-order valence-electron chi connectivity index (χ3n) is 2.52. The van der Waals surface area contributed by atoms with Gasteiger partial charge in [0.15, 0.2) is 0 Å². The van der Waals surface area contributed by atoms with Gasteiger partial charge in [0, 0.05) is 45.0 Å². The van der Waals surface area contributed by atoms with E-state index in [1.54, 1.807) is 0 Å². The number of aliphatic imine (C=N–C) groups is 1. The second-order valence-corrected chi connectivity index (χ2v) is 3.49. The van der Waals surface area contributed by atoms with Crippen LogP contribution in [0.1, 0.15) is 41.0 Å². The van der Waals surface area contributed by atoms with Gasteiger partial charge >= 0.3 is 0 Å². The van der Waals surface area contributed by atoms with Gasteiger partial charge in [-0.2, -0.15) is 0 Å². The first kappa shape index (κ1) is 16.2. The predicted octanol–water partition coefficient (Wildman–Crippen LogP) is 2.26. The molecule has 0 aromatic heterocycles. The van der Waals surface area contributed by atoms with E-state index in [2.05, 4.69) is 4.99 Å². The molecule has 0 aliphatic heterocycles. The van der Waals surface area contributed by atoms with Gasteiger partial charge in [-0.05, 0) is 26.2 Å². The van der Waals surface area contributed by atoms with E-state index in [-0.39, 0.29) is 38.6 Å². The molecular weight excluding hydrogens is 239 g/mol. The quantitative estimate of drug-likeness (QED) is 0.773. The zero-order chi connectivity index (χ0) is 9.78. The molecule has 0 aromatic rings. The molecule has 0 aliphatic carbocycles. The van der Waals surface area contributed by atoms with Crippen LogP contribution in [-0.4, -0.2) is 23.0 Å². The van der Waals surface area contributed by atoms with Crippen molar-refractivity contribution >= 4 is 5.71 Å². The standard InChI is InChI=1S/C10H21NO.Y/c1-6-10(12,8(3)4)9(5)11-7-2;/h8,12H,6-7H2,1-5H3;. The summed E-state index contributed by atoms with van der Waals surface area (Å²) < 4.78 is 0. The van der Waals surface area contributed by atoms with Gasteiger partial charge in [0.25, 0.3) is 0 Å². The molecule has 1 atom stereocenters. The zero-order valence-electron chi connectivity index (χ0n) is 9.46. The normalized spacial score (nSPS) is 16.7. The van der Waals surface area contributed by atoms with Crippen molar-refractivity contribution in [2.45, 2.75) is 46.6 Å². The maximum absolute atomic E-state index is 10.2. The predicted molar refractivity (Wildman–Crippen MR) is 53.7 cm³/mol. The van der Waals surface area contributed by atoms with Crippen LogP contribution in [0.15, 0.2) is 4.99 Å². The molecule has 0 saturated heterocycles. The van der Waals surface area contributed by atoms with E-state index in [0.717, 1.165) is 18.7 Å². The molecule has 3 heteroatoms. The van der Waals surface area contributed by atoms with Crippen LogP contribution < -0.4 is 0 Å². The van der Waals surface area contributed by atoms with Gasteiger partial charge in [-0.1, -0.05) is 20.8 Å². The molecule has 1 unspecified atom stereocenters.